The van der Waals surface area contributed by atoms with Crippen LogP contribution in [-0.4, -0.2) is 42.0 Å². The van der Waals surface area contributed by atoms with Gasteiger partial charge >= 0.3 is 0 Å². The SMILES string of the molecule is O=C(c1ccccc1)N1CC[NH+](Cc2csc(-c3ccccc3)n2)CC1. The fourth-order valence-electron chi connectivity index (χ4n) is 3.32. The highest BCUT2D eigenvalue weighted by Crippen LogP contribution is 2.22. The van der Waals surface area contributed by atoms with Crippen molar-refractivity contribution >= 4 is 17.2 Å². The number of hydrogen-bond donors (Lipinski definition) is 1. The van der Waals surface area contributed by atoms with Gasteiger partial charge in [-0.1, -0.05) is 48.5 Å². The van der Waals surface area contributed by atoms with Crippen molar-refractivity contribution in [2.45, 2.75) is 6.54 Å². The molecule has 0 aliphatic carbocycles. The van der Waals surface area contributed by atoms with Gasteiger partial charge in [-0.3, -0.25) is 4.79 Å². The molecule has 1 aliphatic rings. The molecule has 1 aromatic heterocycles. The number of piperazine rings is 1. The summed E-state index contributed by atoms with van der Waals surface area (Å²) in [5.41, 5.74) is 3.10. The van der Waals surface area contributed by atoms with E-state index < -0.39 is 0 Å². The molecule has 3 aromatic rings. The number of benzene rings is 2. The molecule has 0 bridgehead atoms. The molecule has 0 saturated carbocycles. The van der Waals surface area contributed by atoms with Crippen LogP contribution >= 0.6 is 11.3 Å². The lowest BCUT2D eigenvalue weighted by molar-refractivity contribution is -0.917. The maximum atomic E-state index is 12.5. The quantitative estimate of drug-likeness (QED) is 0.772. The largest absolute Gasteiger partial charge is 0.327 e. The molecule has 1 amide bonds. The summed E-state index contributed by atoms with van der Waals surface area (Å²) in [6.45, 7) is 4.47. The molecule has 1 fully saturated rings. The highest BCUT2D eigenvalue weighted by atomic mass is 32.1. The monoisotopic (exact) mass is 364 g/mol. The summed E-state index contributed by atoms with van der Waals surface area (Å²) in [7, 11) is 0. The van der Waals surface area contributed by atoms with E-state index in [1.807, 2.05) is 53.4 Å². The van der Waals surface area contributed by atoms with E-state index in [-0.39, 0.29) is 5.91 Å². The minimum Gasteiger partial charge on any atom is -0.327 e. The van der Waals surface area contributed by atoms with Gasteiger partial charge in [0, 0.05) is 16.5 Å². The van der Waals surface area contributed by atoms with E-state index >= 15 is 0 Å². The topological polar surface area (TPSA) is 37.6 Å². The first kappa shape index (κ1) is 16.9. The van der Waals surface area contributed by atoms with Crippen LogP contribution in [0.3, 0.4) is 0 Å². The van der Waals surface area contributed by atoms with E-state index in [9.17, 15) is 4.79 Å². The molecular weight excluding hydrogens is 342 g/mol. The third kappa shape index (κ3) is 3.84. The number of thiazole rings is 1. The number of nitrogens with zero attached hydrogens (tertiary/aromatic N) is 2. The third-order valence-electron chi connectivity index (χ3n) is 4.78. The summed E-state index contributed by atoms with van der Waals surface area (Å²) in [5.74, 6) is 0.143. The van der Waals surface area contributed by atoms with Gasteiger partial charge in [-0.05, 0) is 12.1 Å². The molecule has 4 nitrogen and oxygen atoms in total. The number of nitrogens with one attached hydrogen (secondary N) is 1. The van der Waals surface area contributed by atoms with Crippen LogP contribution < -0.4 is 4.90 Å². The van der Waals surface area contributed by atoms with Gasteiger partial charge in [0.2, 0.25) is 0 Å². The number of quaternary nitrogens is 1. The summed E-state index contributed by atoms with van der Waals surface area (Å²) >= 11 is 1.70. The first-order valence-corrected chi connectivity index (χ1v) is 9.85. The van der Waals surface area contributed by atoms with Gasteiger partial charge in [-0.2, -0.15) is 0 Å². The molecular formula is C21H22N3OS+. The molecule has 2 aromatic carbocycles. The Morgan fingerprint density at radius 3 is 2.35 bits per heavy atom. The Hall–Kier alpha value is -2.50. The van der Waals surface area contributed by atoms with Crippen LogP contribution in [0, 0.1) is 0 Å². The lowest BCUT2D eigenvalue weighted by atomic mass is 10.2. The Morgan fingerprint density at radius 1 is 1.00 bits per heavy atom. The van der Waals surface area contributed by atoms with E-state index in [4.69, 9.17) is 4.98 Å². The van der Waals surface area contributed by atoms with Crippen molar-refractivity contribution in [1.82, 2.24) is 9.88 Å². The zero-order valence-corrected chi connectivity index (χ0v) is 15.4. The lowest BCUT2D eigenvalue weighted by Gasteiger charge is -2.32. The number of aromatic nitrogens is 1. The first-order valence-electron chi connectivity index (χ1n) is 8.97. The molecule has 5 heteroatoms. The molecule has 2 heterocycles. The number of hydrogen-bond acceptors (Lipinski definition) is 3. The Bertz CT molecular complexity index is 855. The Balaban J connectivity index is 1.33. The average molecular weight is 364 g/mol. The summed E-state index contributed by atoms with van der Waals surface area (Å²) in [6.07, 6.45) is 0. The van der Waals surface area contributed by atoms with Crippen LogP contribution in [0.15, 0.2) is 66.0 Å². The number of amides is 1. The minimum absolute atomic E-state index is 0.143. The van der Waals surface area contributed by atoms with Crippen LogP contribution in [0.1, 0.15) is 16.1 Å². The standard InChI is InChI=1S/C21H21N3OS/c25-21(18-9-5-2-6-10-18)24-13-11-23(12-14-24)15-19-16-26-20(22-19)17-7-3-1-4-8-17/h1-10,16H,11-15H2/p+1. The molecule has 4 rings (SSSR count). The molecule has 1 N–H and O–H groups in total. The predicted octanol–water partition coefficient (Wildman–Crippen LogP) is 2.35. The smallest absolute Gasteiger partial charge is 0.254 e. The van der Waals surface area contributed by atoms with Gasteiger partial charge in [-0.25, -0.2) is 4.98 Å². The van der Waals surface area contributed by atoms with E-state index in [2.05, 4.69) is 17.5 Å². The van der Waals surface area contributed by atoms with E-state index in [1.165, 1.54) is 10.5 Å². The summed E-state index contributed by atoms with van der Waals surface area (Å²) < 4.78 is 0. The predicted molar refractivity (Wildman–Crippen MR) is 104 cm³/mol. The van der Waals surface area contributed by atoms with Crippen LogP contribution in [0.25, 0.3) is 10.6 Å². The van der Waals surface area contributed by atoms with Gasteiger partial charge in [-0.15, -0.1) is 11.3 Å². The number of carbonyl (C=O) groups excluding carboxylic acids is 1. The molecule has 0 atom stereocenters. The van der Waals surface area contributed by atoms with E-state index in [1.54, 1.807) is 11.3 Å². The Kier molecular flexibility index (Phi) is 5.09. The molecule has 0 radical (unpaired) electrons. The number of rotatable bonds is 4. The van der Waals surface area contributed by atoms with E-state index in [0.717, 1.165) is 49.0 Å². The van der Waals surface area contributed by atoms with Crippen LogP contribution in [-0.2, 0) is 6.54 Å². The second-order valence-corrected chi connectivity index (χ2v) is 7.45. The molecule has 132 valence electrons. The summed E-state index contributed by atoms with van der Waals surface area (Å²) in [5, 5.41) is 3.24. The van der Waals surface area contributed by atoms with Crippen LogP contribution in [0.2, 0.25) is 0 Å². The highest BCUT2D eigenvalue weighted by Gasteiger charge is 2.25. The lowest BCUT2D eigenvalue weighted by Crippen LogP contribution is -3.13. The normalized spacial score (nSPS) is 15.2. The van der Waals surface area contributed by atoms with Gasteiger partial charge in [0.15, 0.2) is 0 Å². The van der Waals surface area contributed by atoms with Gasteiger partial charge in [0.25, 0.3) is 5.91 Å². The zero-order valence-electron chi connectivity index (χ0n) is 14.6. The maximum absolute atomic E-state index is 12.5. The molecule has 1 aliphatic heterocycles. The number of carbonyl (C=O) groups is 1. The van der Waals surface area contributed by atoms with Crippen molar-refractivity contribution in [2.24, 2.45) is 0 Å². The zero-order chi connectivity index (χ0) is 17.8. The molecule has 26 heavy (non-hydrogen) atoms. The third-order valence-corrected chi connectivity index (χ3v) is 5.72. The van der Waals surface area contributed by atoms with Crippen molar-refractivity contribution < 1.29 is 9.69 Å². The molecule has 1 saturated heterocycles. The van der Waals surface area contributed by atoms with Crippen LogP contribution in [0.4, 0.5) is 0 Å². The molecule has 0 unspecified atom stereocenters. The average Bonchev–Trinajstić information content (AvgIpc) is 3.18. The van der Waals surface area contributed by atoms with Crippen LogP contribution in [0.5, 0.6) is 0 Å². The van der Waals surface area contributed by atoms with Crippen molar-refractivity contribution in [1.29, 1.82) is 0 Å². The highest BCUT2D eigenvalue weighted by molar-refractivity contribution is 7.13. The first-order chi connectivity index (χ1) is 12.8. The second kappa shape index (κ2) is 7.81. The van der Waals surface area contributed by atoms with E-state index in [0.29, 0.717) is 0 Å². The van der Waals surface area contributed by atoms with Gasteiger partial charge < -0.3 is 9.80 Å². The Labute approximate surface area is 157 Å². The van der Waals surface area contributed by atoms with Gasteiger partial charge in [0.1, 0.15) is 17.2 Å². The van der Waals surface area contributed by atoms with Crippen molar-refractivity contribution in [2.75, 3.05) is 26.2 Å². The van der Waals surface area contributed by atoms with Gasteiger partial charge in [0.05, 0.1) is 26.2 Å². The maximum Gasteiger partial charge on any atom is 0.254 e. The Morgan fingerprint density at radius 2 is 1.65 bits per heavy atom. The second-order valence-electron chi connectivity index (χ2n) is 6.60. The molecule has 0 spiro atoms. The summed E-state index contributed by atoms with van der Waals surface area (Å²) in [4.78, 5) is 20.8. The van der Waals surface area contributed by atoms with Crippen molar-refractivity contribution in [3.63, 3.8) is 0 Å². The van der Waals surface area contributed by atoms with Crippen molar-refractivity contribution in [3.05, 3.63) is 77.3 Å². The fraction of sp³-hybridized carbons (Fsp3) is 0.238. The fourth-order valence-corrected chi connectivity index (χ4v) is 4.15. The van der Waals surface area contributed by atoms with Crippen molar-refractivity contribution in [3.8, 4) is 10.6 Å². The minimum atomic E-state index is 0.143. The summed E-state index contributed by atoms with van der Waals surface area (Å²) in [6, 6.07) is 19.9.